The molecule has 6 nitrogen and oxygen atoms in total. The lowest BCUT2D eigenvalue weighted by Crippen LogP contribution is -2.46. The van der Waals surface area contributed by atoms with Gasteiger partial charge in [-0.25, -0.2) is 4.98 Å². The SMILES string of the molecule is Cc1nccc(O[C@H]2CCCN(C(=O)COc3ccc(C(C)C)cc3)C2)n1. The van der Waals surface area contributed by atoms with Gasteiger partial charge in [-0.2, -0.15) is 4.98 Å². The lowest BCUT2D eigenvalue weighted by atomic mass is 10.0. The van der Waals surface area contributed by atoms with Gasteiger partial charge in [-0.1, -0.05) is 26.0 Å². The summed E-state index contributed by atoms with van der Waals surface area (Å²) in [5.41, 5.74) is 1.25. The Morgan fingerprint density at radius 3 is 2.74 bits per heavy atom. The van der Waals surface area contributed by atoms with Gasteiger partial charge in [0, 0.05) is 18.8 Å². The highest BCUT2D eigenvalue weighted by Crippen LogP contribution is 2.20. The molecule has 1 atom stereocenters. The van der Waals surface area contributed by atoms with Crippen LogP contribution in [0.25, 0.3) is 0 Å². The molecule has 3 rings (SSSR count). The van der Waals surface area contributed by atoms with E-state index in [1.54, 1.807) is 12.3 Å². The Labute approximate surface area is 160 Å². The van der Waals surface area contributed by atoms with E-state index < -0.39 is 0 Å². The van der Waals surface area contributed by atoms with Crippen molar-refractivity contribution >= 4 is 5.91 Å². The van der Waals surface area contributed by atoms with Crippen LogP contribution in [-0.4, -0.2) is 46.6 Å². The van der Waals surface area contributed by atoms with Gasteiger partial charge < -0.3 is 14.4 Å². The third-order valence-electron chi connectivity index (χ3n) is 4.68. The summed E-state index contributed by atoms with van der Waals surface area (Å²) in [7, 11) is 0. The van der Waals surface area contributed by atoms with Crippen molar-refractivity contribution in [2.75, 3.05) is 19.7 Å². The van der Waals surface area contributed by atoms with Crippen molar-refractivity contribution in [2.24, 2.45) is 0 Å². The molecule has 1 aromatic carbocycles. The van der Waals surface area contributed by atoms with Crippen LogP contribution >= 0.6 is 0 Å². The molecule has 0 radical (unpaired) electrons. The molecule has 2 aromatic rings. The maximum Gasteiger partial charge on any atom is 0.260 e. The van der Waals surface area contributed by atoms with Crippen LogP contribution in [0.1, 0.15) is 44.0 Å². The van der Waals surface area contributed by atoms with E-state index >= 15 is 0 Å². The zero-order valence-electron chi connectivity index (χ0n) is 16.2. The number of likely N-dealkylation sites (tertiary alicyclic amines) is 1. The standard InChI is InChI=1S/C21H27N3O3/c1-15(2)17-6-8-18(9-7-17)26-14-21(25)24-12-4-5-19(13-24)27-20-10-11-22-16(3)23-20/h6-11,15,19H,4-5,12-14H2,1-3H3/t19-/m0/s1. The van der Waals surface area contributed by atoms with Crippen molar-refractivity contribution in [3.63, 3.8) is 0 Å². The smallest absolute Gasteiger partial charge is 0.260 e. The number of nitrogens with zero attached hydrogens (tertiary/aromatic N) is 3. The van der Waals surface area contributed by atoms with Gasteiger partial charge >= 0.3 is 0 Å². The maximum absolute atomic E-state index is 12.5. The van der Waals surface area contributed by atoms with Crippen molar-refractivity contribution in [2.45, 2.75) is 45.6 Å². The molecule has 0 N–H and O–H groups in total. The van der Waals surface area contributed by atoms with Crippen molar-refractivity contribution in [1.29, 1.82) is 0 Å². The summed E-state index contributed by atoms with van der Waals surface area (Å²) in [5.74, 6) is 2.41. The fourth-order valence-electron chi connectivity index (χ4n) is 3.12. The number of ether oxygens (including phenoxy) is 2. The van der Waals surface area contributed by atoms with Crippen LogP contribution in [0.15, 0.2) is 36.5 Å². The first-order valence-corrected chi connectivity index (χ1v) is 9.48. The highest BCUT2D eigenvalue weighted by atomic mass is 16.5. The topological polar surface area (TPSA) is 64.5 Å². The Morgan fingerprint density at radius 2 is 2.04 bits per heavy atom. The first-order chi connectivity index (χ1) is 13.0. The number of aryl methyl sites for hydroxylation is 1. The van der Waals surface area contributed by atoms with Crippen molar-refractivity contribution in [3.8, 4) is 11.6 Å². The summed E-state index contributed by atoms with van der Waals surface area (Å²) in [6.07, 6.45) is 3.44. The molecule has 1 aromatic heterocycles. The fourth-order valence-corrected chi connectivity index (χ4v) is 3.12. The van der Waals surface area contributed by atoms with E-state index in [2.05, 4.69) is 23.8 Å². The summed E-state index contributed by atoms with van der Waals surface area (Å²) >= 11 is 0. The number of piperidine rings is 1. The number of carbonyl (C=O) groups excluding carboxylic acids is 1. The monoisotopic (exact) mass is 369 g/mol. The Kier molecular flexibility index (Phi) is 6.27. The molecular weight excluding hydrogens is 342 g/mol. The third kappa shape index (κ3) is 5.42. The summed E-state index contributed by atoms with van der Waals surface area (Å²) in [6, 6.07) is 9.67. The number of carbonyl (C=O) groups is 1. The van der Waals surface area contributed by atoms with Gasteiger partial charge in [-0.05, 0) is 43.4 Å². The number of rotatable bonds is 6. The minimum absolute atomic E-state index is 0.0184. The van der Waals surface area contributed by atoms with E-state index in [0.717, 1.165) is 19.4 Å². The predicted octanol–water partition coefficient (Wildman–Crippen LogP) is 3.36. The van der Waals surface area contributed by atoms with Gasteiger partial charge in [0.1, 0.15) is 17.7 Å². The third-order valence-corrected chi connectivity index (χ3v) is 4.68. The molecule has 27 heavy (non-hydrogen) atoms. The molecule has 6 heteroatoms. The lowest BCUT2D eigenvalue weighted by molar-refractivity contribution is -0.136. The number of amides is 1. The molecule has 1 aliphatic heterocycles. The highest BCUT2D eigenvalue weighted by Gasteiger charge is 2.25. The van der Waals surface area contributed by atoms with Gasteiger partial charge in [0.25, 0.3) is 5.91 Å². The van der Waals surface area contributed by atoms with Crippen LogP contribution < -0.4 is 9.47 Å². The van der Waals surface area contributed by atoms with E-state index in [0.29, 0.717) is 29.9 Å². The van der Waals surface area contributed by atoms with Gasteiger partial charge in [0.05, 0.1) is 6.54 Å². The van der Waals surface area contributed by atoms with Crippen LogP contribution in [0, 0.1) is 6.92 Å². The normalized spacial score (nSPS) is 17.0. The first kappa shape index (κ1) is 19.1. The molecule has 144 valence electrons. The molecule has 1 amide bonds. The van der Waals surface area contributed by atoms with Crippen molar-refractivity contribution in [3.05, 3.63) is 47.9 Å². The largest absolute Gasteiger partial charge is 0.484 e. The lowest BCUT2D eigenvalue weighted by Gasteiger charge is -2.32. The van der Waals surface area contributed by atoms with Gasteiger partial charge in [-0.3, -0.25) is 4.79 Å². The molecule has 0 aliphatic carbocycles. The molecule has 1 saturated heterocycles. The summed E-state index contributed by atoms with van der Waals surface area (Å²) in [5, 5.41) is 0. The average Bonchev–Trinajstić information content (AvgIpc) is 2.66. The Balaban J connectivity index is 1.50. The van der Waals surface area contributed by atoms with E-state index in [1.165, 1.54) is 5.56 Å². The van der Waals surface area contributed by atoms with Crippen LogP contribution in [0.4, 0.5) is 0 Å². The predicted molar refractivity (Wildman–Crippen MR) is 103 cm³/mol. The molecule has 0 saturated carbocycles. The minimum atomic E-state index is -0.0534. The van der Waals surface area contributed by atoms with Gasteiger partial charge in [0.15, 0.2) is 6.61 Å². The molecule has 0 bridgehead atoms. The maximum atomic E-state index is 12.5. The second-order valence-corrected chi connectivity index (χ2v) is 7.18. The highest BCUT2D eigenvalue weighted by molar-refractivity contribution is 5.77. The van der Waals surface area contributed by atoms with E-state index in [1.807, 2.05) is 36.1 Å². The number of hydrogen-bond donors (Lipinski definition) is 0. The Hall–Kier alpha value is -2.63. The molecular formula is C21H27N3O3. The number of hydrogen-bond acceptors (Lipinski definition) is 5. The average molecular weight is 369 g/mol. The van der Waals surface area contributed by atoms with Crippen molar-refractivity contribution in [1.82, 2.24) is 14.9 Å². The molecule has 1 aliphatic rings. The molecule has 0 unspecified atom stereocenters. The molecule has 2 heterocycles. The minimum Gasteiger partial charge on any atom is -0.484 e. The molecule has 0 spiro atoms. The summed E-state index contributed by atoms with van der Waals surface area (Å²) < 4.78 is 11.6. The van der Waals surface area contributed by atoms with Gasteiger partial charge in [0.2, 0.25) is 5.88 Å². The van der Waals surface area contributed by atoms with Crippen LogP contribution in [-0.2, 0) is 4.79 Å². The van der Waals surface area contributed by atoms with Crippen molar-refractivity contribution < 1.29 is 14.3 Å². The second-order valence-electron chi connectivity index (χ2n) is 7.18. The zero-order valence-corrected chi connectivity index (χ0v) is 16.2. The van der Waals surface area contributed by atoms with E-state index in [4.69, 9.17) is 9.47 Å². The van der Waals surface area contributed by atoms with Gasteiger partial charge in [-0.15, -0.1) is 0 Å². The van der Waals surface area contributed by atoms with Crippen LogP contribution in [0.5, 0.6) is 11.6 Å². The first-order valence-electron chi connectivity index (χ1n) is 9.48. The second kappa shape index (κ2) is 8.84. The molecule has 1 fully saturated rings. The fraction of sp³-hybridized carbons (Fsp3) is 0.476. The quantitative estimate of drug-likeness (QED) is 0.781. The summed E-state index contributed by atoms with van der Waals surface area (Å²) in [6.45, 7) is 7.46. The number of benzene rings is 1. The van der Waals surface area contributed by atoms with E-state index in [-0.39, 0.29) is 18.6 Å². The Morgan fingerprint density at radius 1 is 1.26 bits per heavy atom. The van der Waals surface area contributed by atoms with E-state index in [9.17, 15) is 4.79 Å². The zero-order chi connectivity index (χ0) is 19.2. The van der Waals surface area contributed by atoms with Crippen LogP contribution in [0.2, 0.25) is 0 Å². The number of aromatic nitrogens is 2. The Bertz CT molecular complexity index is 762. The summed E-state index contributed by atoms with van der Waals surface area (Å²) in [4.78, 5) is 22.7. The van der Waals surface area contributed by atoms with Crippen LogP contribution in [0.3, 0.4) is 0 Å².